The van der Waals surface area contributed by atoms with Crippen molar-refractivity contribution in [2.75, 3.05) is 16.4 Å². The number of halogens is 2. The number of fused-ring (bicyclic) bond motifs is 1. The molecule has 6 nitrogen and oxygen atoms in total. The van der Waals surface area contributed by atoms with Crippen molar-refractivity contribution in [2.45, 2.75) is 0 Å². The largest absolute Gasteiger partial charge is 0.369 e. The van der Waals surface area contributed by atoms with Crippen molar-refractivity contribution in [3.63, 3.8) is 0 Å². The van der Waals surface area contributed by atoms with Crippen molar-refractivity contribution in [3.8, 4) is 0 Å². The van der Waals surface area contributed by atoms with Crippen LogP contribution in [0, 0.1) is 0 Å². The molecule has 1 heterocycles. The number of rotatable bonds is 2. The molecular formula is C14H11Cl2N5O. The molecule has 0 atom stereocenters. The number of aromatic nitrogens is 2. The number of carbonyl (C=O) groups is 1. The molecule has 0 spiro atoms. The second-order valence-corrected chi connectivity index (χ2v) is 5.38. The van der Waals surface area contributed by atoms with Crippen LogP contribution in [-0.4, -0.2) is 16.0 Å². The topological polar surface area (TPSA) is 95.8 Å². The molecule has 0 aliphatic carbocycles. The first kappa shape index (κ1) is 14.5. The van der Waals surface area contributed by atoms with Gasteiger partial charge in [0.15, 0.2) is 5.95 Å². The number of benzene rings is 2. The van der Waals surface area contributed by atoms with Gasteiger partial charge in [-0.2, -0.15) is 0 Å². The molecule has 22 heavy (non-hydrogen) atoms. The fourth-order valence-corrected chi connectivity index (χ4v) is 2.27. The van der Waals surface area contributed by atoms with E-state index >= 15 is 0 Å². The standard InChI is InChI=1S/C14H11Cl2N5O/c15-9-3-1-7(5-10(9)16)18-14(22)19-8-2-4-11-12(6-8)21-13(17)20-11/h1-6H,(H3,17,20,21)(H2,18,19,22). The van der Waals surface area contributed by atoms with E-state index in [1.54, 1.807) is 36.4 Å². The first-order valence-corrected chi connectivity index (χ1v) is 7.05. The van der Waals surface area contributed by atoms with Crippen molar-refractivity contribution in [1.29, 1.82) is 0 Å². The van der Waals surface area contributed by atoms with E-state index in [-0.39, 0.29) is 0 Å². The Kier molecular flexibility index (Phi) is 3.79. The Hall–Kier alpha value is -2.44. The number of aromatic amines is 1. The molecule has 0 bridgehead atoms. The van der Waals surface area contributed by atoms with Gasteiger partial charge in [-0.15, -0.1) is 0 Å². The van der Waals surface area contributed by atoms with E-state index in [0.29, 0.717) is 27.4 Å². The van der Waals surface area contributed by atoms with Gasteiger partial charge in [0.1, 0.15) is 0 Å². The second-order valence-electron chi connectivity index (χ2n) is 4.56. The lowest BCUT2D eigenvalue weighted by Crippen LogP contribution is -2.19. The maximum absolute atomic E-state index is 12.0. The van der Waals surface area contributed by atoms with Crippen molar-refractivity contribution < 1.29 is 4.79 Å². The summed E-state index contributed by atoms with van der Waals surface area (Å²) < 4.78 is 0. The van der Waals surface area contributed by atoms with Crippen LogP contribution >= 0.6 is 23.2 Å². The third kappa shape index (κ3) is 3.08. The van der Waals surface area contributed by atoms with E-state index in [1.807, 2.05) is 0 Å². The number of nitrogens with zero attached hydrogens (tertiary/aromatic N) is 1. The van der Waals surface area contributed by atoms with Crippen LogP contribution < -0.4 is 16.4 Å². The molecule has 0 aliphatic heterocycles. The van der Waals surface area contributed by atoms with Gasteiger partial charge in [0.25, 0.3) is 0 Å². The molecular weight excluding hydrogens is 325 g/mol. The quantitative estimate of drug-likeness (QED) is 0.567. The molecule has 2 amide bonds. The highest BCUT2D eigenvalue weighted by Crippen LogP contribution is 2.25. The molecule has 0 saturated carbocycles. The molecule has 3 rings (SSSR count). The van der Waals surface area contributed by atoms with E-state index in [4.69, 9.17) is 28.9 Å². The first-order valence-electron chi connectivity index (χ1n) is 6.29. The number of H-pyrrole nitrogens is 1. The summed E-state index contributed by atoms with van der Waals surface area (Å²) >= 11 is 11.7. The summed E-state index contributed by atoms with van der Waals surface area (Å²) in [5.41, 5.74) is 8.20. The zero-order chi connectivity index (χ0) is 15.7. The smallest absolute Gasteiger partial charge is 0.323 e. The van der Waals surface area contributed by atoms with Crippen LogP contribution in [0.25, 0.3) is 11.0 Å². The fraction of sp³-hybridized carbons (Fsp3) is 0. The molecule has 0 aliphatic rings. The highest BCUT2D eigenvalue weighted by molar-refractivity contribution is 6.42. The van der Waals surface area contributed by atoms with E-state index < -0.39 is 6.03 Å². The monoisotopic (exact) mass is 335 g/mol. The first-order chi connectivity index (χ1) is 10.5. The SMILES string of the molecule is Nc1nc2ccc(NC(=O)Nc3ccc(Cl)c(Cl)c3)cc2[nH]1. The summed E-state index contributed by atoms with van der Waals surface area (Å²) in [5, 5.41) is 6.17. The summed E-state index contributed by atoms with van der Waals surface area (Å²) in [5.74, 6) is 0.326. The molecule has 3 aromatic rings. The Balaban J connectivity index is 1.73. The molecule has 5 N–H and O–H groups in total. The van der Waals surface area contributed by atoms with E-state index in [9.17, 15) is 4.79 Å². The predicted molar refractivity (Wildman–Crippen MR) is 89.6 cm³/mol. The van der Waals surface area contributed by atoms with Gasteiger partial charge in [-0.25, -0.2) is 9.78 Å². The van der Waals surface area contributed by atoms with Gasteiger partial charge in [-0.05, 0) is 36.4 Å². The number of nitrogens with one attached hydrogen (secondary N) is 3. The van der Waals surface area contributed by atoms with Gasteiger partial charge < -0.3 is 21.4 Å². The molecule has 0 unspecified atom stereocenters. The summed E-state index contributed by atoms with van der Waals surface area (Å²) in [6.45, 7) is 0. The average Bonchev–Trinajstić information content (AvgIpc) is 2.82. The minimum Gasteiger partial charge on any atom is -0.369 e. The second kappa shape index (κ2) is 5.75. The number of amides is 2. The Labute approximate surface area is 135 Å². The third-order valence-corrected chi connectivity index (χ3v) is 3.67. The van der Waals surface area contributed by atoms with Crippen LogP contribution in [0.2, 0.25) is 10.0 Å². The fourth-order valence-electron chi connectivity index (χ4n) is 1.97. The van der Waals surface area contributed by atoms with Crippen molar-refractivity contribution in [1.82, 2.24) is 9.97 Å². The van der Waals surface area contributed by atoms with Crippen molar-refractivity contribution in [3.05, 3.63) is 46.4 Å². The highest BCUT2D eigenvalue weighted by atomic mass is 35.5. The number of urea groups is 1. The number of carbonyl (C=O) groups excluding carboxylic acids is 1. The average molecular weight is 336 g/mol. The van der Waals surface area contributed by atoms with Crippen LogP contribution in [0.15, 0.2) is 36.4 Å². The summed E-state index contributed by atoms with van der Waals surface area (Å²) in [6.07, 6.45) is 0. The zero-order valence-electron chi connectivity index (χ0n) is 11.2. The van der Waals surface area contributed by atoms with E-state index in [0.717, 1.165) is 11.0 Å². The maximum Gasteiger partial charge on any atom is 0.323 e. The number of nitrogens with two attached hydrogens (primary N) is 1. The highest BCUT2D eigenvalue weighted by Gasteiger charge is 2.06. The third-order valence-electron chi connectivity index (χ3n) is 2.94. The number of anilines is 3. The number of hydrogen-bond donors (Lipinski definition) is 4. The Morgan fingerprint density at radius 2 is 1.73 bits per heavy atom. The van der Waals surface area contributed by atoms with Gasteiger partial charge in [0.05, 0.1) is 21.1 Å². The van der Waals surface area contributed by atoms with Gasteiger partial charge in [-0.3, -0.25) is 0 Å². The predicted octanol–water partition coefficient (Wildman–Crippen LogP) is 4.10. The molecule has 1 aromatic heterocycles. The zero-order valence-corrected chi connectivity index (χ0v) is 12.7. The Morgan fingerprint density at radius 1 is 1.05 bits per heavy atom. The molecule has 0 radical (unpaired) electrons. The number of hydrogen-bond acceptors (Lipinski definition) is 3. The molecule has 0 fully saturated rings. The molecule has 0 saturated heterocycles. The van der Waals surface area contributed by atoms with E-state index in [1.165, 1.54) is 0 Å². The summed E-state index contributed by atoms with van der Waals surface area (Å²) in [6, 6.07) is 9.68. The van der Waals surface area contributed by atoms with Crippen LogP contribution in [0.5, 0.6) is 0 Å². The Bertz CT molecular complexity index is 862. The van der Waals surface area contributed by atoms with Crippen molar-refractivity contribution >= 4 is 57.6 Å². The number of imidazole rings is 1. The molecule has 2 aromatic carbocycles. The van der Waals surface area contributed by atoms with Crippen LogP contribution in [0.4, 0.5) is 22.1 Å². The minimum atomic E-state index is -0.398. The minimum absolute atomic E-state index is 0.326. The lowest BCUT2D eigenvalue weighted by Gasteiger charge is -2.08. The normalized spacial score (nSPS) is 10.6. The lowest BCUT2D eigenvalue weighted by molar-refractivity contribution is 0.262. The van der Waals surface area contributed by atoms with Gasteiger partial charge in [0.2, 0.25) is 0 Å². The Morgan fingerprint density at radius 3 is 2.45 bits per heavy atom. The summed E-state index contributed by atoms with van der Waals surface area (Å²) in [4.78, 5) is 19.0. The summed E-state index contributed by atoms with van der Waals surface area (Å²) in [7, 11) is 0. The van der Waals surface area contributed by atoms with Crippen LogP contribution in [0.3, 0.4) is 0 Å². The van der Waals surface area contributed by atoms with E-state index in [2.05, 4.69) is 20.6 Å². The molecule has 8 heteroatoms. The van der Waals surface area contributed by atoms with Crippen molar-refractivity contribution in [2.24, 2.45) is 0 Å². The van der Waals surface area contributed by atoms with Gasteiger partial charge in [0, 0.05) is 11.4 Å². The maximum atomic E-state index is 12.0. The van der Waals surface area contributed by atoms with Crippen LogP contribution in [0.1, 0.15) is 0 Å². The van der Waals surface area contributed by atoms with Crippen LogP contribution in [-0.2, 0) is 0 Å². The molecule has 112 valence electrons. The number of nitrogen functional groups attached to an aromatic ring is 1. The van der Waals surface area contributed by atoms with Gasteiger partial charge in [-0.1, -0.05) is 23.2 Å². The lowest BCUT2D eigenvalue weighted by atomic mass is 10.3. The van der Waals surface area contributed by atoms with Gasteiger partial charge >= 0.3 is 6.03 Å².